The van der Waals surface area contributed by atoms with E-state index in [-0.39, 0.29) is 22.5 Å². The third kappa shape index (κ3) is 5.06. The van der Waals surface area contributed by atoms with Gasteiger partial charge in [0.2, 0.25) is 5.82 Å². The molecule has 0 aliphatic heterocycles. The number of alkyl halides is 3. The molecule has 1 unspecified atom stereocenters. The third-order valence-corrected chi connectivity index (χ3v) is 5.16. The molecular formula is C18H12F5N3O3S. The maximum Gasteiger partial charge on any atom is 0.471 e. The Hall–Kier alpha value is -3.15. The molecule has 3 rings (SSSR count). The molecule has 0 radical (unpaired) electrons. The van der Waals surface area contributed by atoms with Crippen molar-refractivity contribution in [2.24, 2.45) is 4.36 Å². The Bertz CT molecular complexity index is 1210. The van der Waals surface area contributed by atoms with Gasteiger partial charge in [0.25, 0.3) is 5.91 Å². The zero-order valence-corrected chi connectivity index (χ0v) is 15.9. The monoisotopic (exact) mass is 445 g/mol. The van der Waals surface area contributed by atoms with Gasteiger partial charge < -0.3 is 4.52 Å². The molecule has 0 aliphatic rings. The predicted molar refractivity (Wildman–Crippen MR) is 95.6 cm³/mol. The number of halogens is 5. The third-order valence-electron chi connectivity index (χ3n) is 3.77. The van der Waals surface area contributed by atoms with Crippen LogP contribution in [0.15, 0.2) is 51.4 Å². The molecule has 2 aromatic carbocycles. The van der Waals surface area contributed by atoms with E-state index in [1.54, 1.807) is 0 Å². The highest BCUT2D eigenvalue weighted by Gasteiger charge is 2.38. The van der Waals surface area contributed by atoms with Gasteiger partial charge in [0, 0.05) is 22.9 Å². The summed E-state index contributed by atoms with van der Waals surface area (Å²) in [7, 11) is -3.24. The summed E-state index contributed by atoms with van der Waals surface area (Å²) in [4.78, 5) is 15.5. The van der Waals surface area contributed by atoms with Crippen molar-refractivity contribution < 1.29 is 35.5 Å². The first kappa shape index (κ1) is 21.6. The summed E-state index contributed by atoms with van der Waals surface area (Å²) in [5.74, 6) is -4.73. The van der Waals surface area contributed by atoms with Gasteiger partial charge in [-0.1, -0.05) is 17.3 Å². The summed E-state index contributed by atoms with van der Waals surface area (Å²) in [6.45, 7) is 0. The molecule has 158 valence electrons. The number of carbonyl (C=O) groups excluding carboxylic acids is 1. The van der Waals surface area contributed by atoms with Crippen LogP contribution in [0, 0.1) is 11.6 Å². The topological polar surface area (TPSA) is 85.4 Å². The van der Waals surface area contributed by atoms with Crippen LogP contribution in [-0.4, -0.2) is 26.5 Å². The molecule has 0 saturated heterocycles. The molecule has 0 bridgehead atoms. The second kappa shape index (κ2) is 7.94. The summed E-state index contributed by atoms with van der Waals surface area (Å²) >= 11 is 0. The lowest BCUT2D eigenvalue weighted by molar-refractivity contribution is -0.159. The van der Waals surface area contributed by atoms with Crippen molar-refractivity contribution in [3.8, 4) is 11.4 Å². The number of benzene rings is 2. The van der Waals surface area contributed by atoms with Gasteiger partial charge in [-0.2, -0.15) is 22.5 Å². The number of amides is 1. The van der Waals surface area contributed by atoms with Gasteiger partial charge in [0.05, 0.1) is 15.5 Å². The van der Waals surface area contributed by atoms with Crippen molar-refractivity contribution in [1.29, 1.82) is 0 Å². The molecule has 0 spiro atoms. The van der Waals surface area contributed by atoms with Gasteiger partial charge in [0.15, 0.2) is 0 Å². The van der Waals surface area contributed by atoms with E-state index >= 15 is 0 Å². The van der Waals surface area contributed by atoms with Crippen molar-refractivity contribution in [3.63, 3.8) is 0 Å². The van der Waals surface area contributed by atoms with Crippen molar-refractivity contribution in [1.82, 2.24) is 10.1 Å². The number of carbonyl (C=O) groups is 1. The zero-order valence-electron chi connectivity index (χ0n) is 15.1. The van der Waals surface area contributed by atoms with E-state index in [1.165, 1.54) is 24.3 Å². The van der Waals surface area contributed by atoms with E-state index in [9.17, 15) is 31.0 Å². The van der Waals surface area contributed by atoms with Crippen molar-refractivity contribution in [3.05, 3.63) is 71.1 Å². The Kier molecular flexibility index (Phi) is 5.70. The maximum atomic E-state index is 13.7. The summed E-state index contributed by atoms with van der Waals surface area (Å²) in [6, 6.07) is 7.62. The standard InChI is InChI=1S/C18H12F5N3O3S/c1-30(28,9-12-8-13(19)6-7-14(12)20)26-16(27)11-4-2-10(3-5-11)15-24-17(29-25-15)18(21,22)23/h2-8H,9H2,1H3. The summed E-state index contributed by atoms with van der Waals surface area (Å²) in [5, 5.41) is 3.22. The Morgan fingerprint density at radius 1 is 1.13 bits per heavy atom. The molecule has 6 nitrogen and oxygen atoms in total. The molecule has 3 aromatic rings. The lowest BCUT2D eigenvalue weighted by Crippen LogP contribution is -2.07. The van der Waals surface area contributed by atoms with Gasteiger partial charge in [-0.05, 0) is 30.3 Å². The van der Waals surface area contributed by atoms with Crippen LogP contribution >= 0.6 is 0 Å². The normalized spacial score (nSPS) is 13.7. The predicted octanol–water partition coefficient (Wildman–Crippen LogP) is 4.47. The SMILES string of the molecule is CS(=O)(Cc1cc(F)ccc1F)=NC(=O)c1ccc(-c2noc(C(F)(F)F)n2)cc1. The van der Waals surface area contributed by atoms with E-state index in [1.807, 2.05) is 0 Å². The van der Waals surface area contributed by atoms with Crippen molar-refractivity contribution in [2.45, 2.75) is 11.9 Å². The smallest absolute Gasteiger partial charge is 0.329 e. The lowest BCUT2D eigenvalue weighted by Gasteiger charge is -2.06. The first-order valence-corrected chi connectivity index (χ1v) is 10.2. The van der Waals surface area contributed by atoms with Crippen molar-refractivity contribution in [2.75, 3.05) is 6.26 Å². The summed E-state index contributed by atoms with van der Waals surface area (Å²) < 4.78 is 84.9. The second-order valence-electron chi connectivity index (χ2n) is 6.23. The van der Waals surface area contributed by atoms with E-state index in [2.05, 4.69) is 19.0 Å². The minimum atomic E-state index is -4.79. The highest BCUT2D eigenvalue weighted by molar-refractivity contribution is 7.92. The first-order valence-electron chi connectivity index (χ1n) is 8.14. The molecule has 1 aromatic heterocycles. The largest absolute Gasteiger partial charge is 0.471 e. The highest BCUT2D eigenvalue weighted by atomic mass is 32.2. The molecule has 0 fully saturated rings. The molecule has 12 heteroatoms. The maximum absolute atomic E-state index is 13.7. The Labute approximate surface area is 166 Å². The summed E-state index contributed by atoms with van der Waals surface area (Å²) in [5.41, 5.74) is -0.0654. The fourth-order valence-corrected chi connectivity index (χ4v) is 3.74. The minimum Gasteiger partial charge on any atom is -0.329 e. The molecule has 1 heterocycles. The van der Waals surface area contributed by atoms with Crippen LogP contribution in [0.2, 0.25) is 0 Å². The van der Waals surface area contributed by atoms with Gasteiger partial charge in [-0.25, -0.2) is 13.0 Å². The minimum absolute atomic E-state index is 0.0208. The van der Waals surface area contributed by atoms with Crippen LogP contribution in [0.1, 0.15) is 21.8 Å². The molecule has 0 N–H and O–H groups in total. The van der Waals surface area contributed by atoms with E-state index in [0.29, 0.717) is 0 Å². The number of hydrogen-bond donors (Lipinski definition) is 0. The number of rotatable bonds is 4. The van der Waals surface area contributed by atoms with Crippen LogP contribution in [-0.2, 0) is 21.7 Å². The number of nitrogens with zero attached hydrogens (tertiary/aromatic N) is 3. The fraction of sp³-hybridized carbons (Fsp3) is 0.167. The van der Waals surface area contributed by atoms with Gasteiger partial charge in [-0.3, -0.25) is 4.79 Å². The quantitative estimate of drug-likeness (QED) is 0.553. The molecule has 1 atom stereocenters. The fourth-order valence-electron chi connectivity index (χ4n) is 2.42. The van der Waals surface area contributed by atoms with Gasteiger partial charge in [-0.15, -0.1) is 0 Å². The second-order valence-corrected chi connectivity index (χ2v) is 8.62. The van der Waals surface area contributed by atoms with Gasteiger partial charge >= 0.3 is 12.1 Å². The zero-order chi connectivity index (χ0) is 22.1. The molecule has 30 heavy (non-hydrogen) atoms. The molecule has 0 saturated carbocycles. The van der Waals surface area contributed by atoms with Gasteiger partial charge in [0.1, 0.15) is 11.6 Å². The van der Waals surface area contributed by atoms with E-state index < -0.39 is 45.1 Å². The molecular weight excluding hydrogens is 433 g/mol. The highest BCUT2D eigenvalue weighted by Crippen LogP contribution is 2.29. The van der Waals surface area contributed by atoms with Crippen LogP contribution in [0.5, 0.6) is 0 Å². The Morgan fingerprint density at radius 3 is 2.40 bits per heavy atom. The van der Waals surface area contributed by atoms with E-state index in [4.69, 9.17) is 0 Å². The molecule has 1 amide bonds. The number of aromatic nitrogens is 2. The first-order chi connectivity index (χ1) is 13.9. The lowest BCUT2D eigenvalue weighted by atomic mass is 10.1. The molecule has 0 aliphatic carbocycles. The average molecular weight is 445 g/mol. The van der Waals surface area contributed by atoms with Crippen LogP contribution in [0.4, 0.5) is 22.0 Å². The average Bonchev–Trinajstić information content (AvgIpc) is 3.15. The van der Waals surface area contributed by atoms with Crippen LogP contribution in [0.3, 0.4) is 0 Å². The Morgan fingerprint density at radius 2 is 1.80 bits per heavy atom. The summed E-state index contributed by atoms with van der Waals surface area (Å²) in [6.07, 6.45) is -3.66. The Balaban J connectivity index is 1.80. The van der Waals surface area contributed by atoms with Crippen LogP contribution in [0.25, 0.3) is 11.4 Å². The van der Waals surface area contributed by atoms with E-state index in [0.717, 1.165) is 24.5 Å². The van der Waals surface area contributed by atoms with Crippen molar-refractivity contribution >= 4 is 15.6 Å². The van der Waals surface area contributed by atoms with Crippen LogP contribution < -0.4 is 0 Å². The number of hydrogen-bond acceptors (Lipinski definition) is 5.